The van der Waals surface area contributed by atoms with Gasteiger partial charge in [0.2, 0.25) is 0 Å². The molecule has 1 aromatic carbocycles. The second-order valence-corrected chi connectivity index (χ2v) is 5.79. The average molecular weight is 332 g/mol. The summed E-state index contributed by atoms with van der Waals surface area (Å²) in [4.78, 5) is 33.2. The lowest BCUT2D eigenvalue weighted by atomic mass is 9.94. The van der Waals surface area contributed by atoms with Crippen molar-refractivity contribution in [3.63, 3.8) is 0 Å². The minimum Gasteiger partial charge on any atom is -0.481 e. The van der Waals surface area contributed by atoms with E-state index in [1.54, 1.807) is 6.20 Å². The van der Waals surface area contributed by atoms with Gasteiger partial charge >= 0.3 is 5.97 Å². The highest BCUT2D eigenvalue weighted by molar-refractivity contribution is 5.92. The molecule has 24 heavy (non-hydrogen) atoms. The summed E-state index contributed by atoms with van der Waals surface area (Å²) >= 11 is 0. The van der Waals surface area contributed by atoms with Crippen molar-refractivity contribution in [2.24, 2.45) is 5.41 Å². The van der Waals surface area contributed by atoms with Crippen LogP contribution in [0.5, 0.6) is 0 Å². The van der Waals surface area contributed by atoms with Crippen molar-refractivity contribution in [1.82, 2.24) is 15.1 Å². The predicted molar refractivity (Wildman–Crippen MR) is 84.0 cm³/mol. The van der Waals surface area contributed by atoms with Crippen LogP contribution < -0.4 is 5.32 Å². The van der Waals surface area contributed by atoms with Crippen LogP contribution in [0.25, 0.3) is 5.69 Å². The quantitative estimate of drug-likeness (QED) is 0.611. The van der Waals surface area contributed by atoms with Crippen LogP contribution in [0.15, 0.2) is 36.5 Å². The van der Waals surface area contributed by atoms with Gasteiger partial charge in [-0.1, -0.05) is 0 Å². The zero-order chi connectivity index (χ0) is 17.9. The number of rotatable bonds is 6. The second-order valence-electron chi connectivity index (χ2n) is 5.79. The lowest BCUT2D eigenvalue weighted by Crippen LogP contribution is -2.39. The van der Waals surface area contributed by atoms with Gasteiger partial charge in [-0.2, -0.15) is 5.10 Å². The van der Waals surface area contributed by atoms with E-state index in [4.69, 9.17) is 5.11 Å². The highest BCUT2D eigenvalue weighted by Crippen LogP contribution is 2.16. The molecular weight excluding hydrogens is 316 g/mol. The van der Waals surface area contributed by atoms with Crippen LogP contribution in [0.1, 0.15) is 24.3 Å². The number of hydrogen-bond acceptors (Lipinski definition) is 5. The molecule has 2 rings (SSSR count). The number of nitro groups is 1. The third kappa shape index (κ3) is 3.75. The van der Waals surface area contributed by atoms with E-state index in [0.29, 0.717) is 5.69 Å². The maximum absolute atomic E-state index is 12.0. The lowest BCUT2D eigenvalue weighted by Gasteiger charge is -2.18. The van der Waals surface area contributed by atoms with E-state index in [1.165, 1.54) is 48.9 Å². The molecule has 0 unspecified atom stereocenters. The van der Waals surface area contributed by atoms with Crippen LogP contribution in [0.4, 0.5) is 5.69 Å². The Hall–Kier alpha value is -3.23. The molecule has 0 atom stereocenters. The summed E-state index contributed by atoms with van der Waals surface area (Å²) in [6.07, 6.45) is 1.54. The number of hydrogen-bond donors (Lipinski definition) is 2. The van der Waals surface area contributed by atoms with E-state index < -0.39 is 22.2 Å². The van der Waals surface area contributed by atoms with E-state index in [-0.39, 0.29) is 17.9 Å². The number of benzene rings is 1. The van der Waals surface area contributed by atoms with Gasteiger partial charge in [-0.15, -0.1) is 0 Å². The molecule has 0 bridgehead atoms. The molecule has 1 amide bonds. The number of non-ortho nitro benzene ring substituents is 1. The number of nitro benzene ring substituents is 1. The summed E-state index contributed by atoms with van der Waals surface area (Å²) < 4.78 is 1.40. The van der Waals surface area contributed by atoms with Crippen molar-refractivity contribution >= 4 is 17.6 Å². The fourth-order valence-electron chi connectivity index (χ4n) is 1.78. The summed E-state index contributed by atoms with van der Waals surface area (Å²) in [7, 11) is 0. The Labute approximate surface area is 137 Å². The van der Waals surface area contributed by atoms with Gasteiger partial charge < -0.3 is 10.4 Å². The van der Waals surface area contributed by atoms with Gasteiger partial charge in [-0.3, -0.25) is 19.7 Å². The van der Waals surface area contributed by atoms with Crippen molar-refractivity contribution in [2.45, 2.75) is 13.8 Å². The first-order valence-electron chi connectivity index (χ1n) is 7.03. The first kappa shape index (κ1) is 17.1. The van der Waals surface area contributed by atoms with Gasteiger partial charge in [0.05, 0.1) is 16.0 Å². The van der Waals surface area contributed by atoms with Gasteiger partial charge in [-0.25, -0.2) is 4.68 Å². The minimum atomic E-state index is -1.09. The number of carbonyl (C=O) groups excluding carboxylic acids is 1. The third-order valence-corrected chi connectivity index (χ3v) is 3.42. The molecule has 0 spiro atoms. The van der Waals surface area contributed by atoms with Crippen LogP contribution >= 0.6 is 0 Å². The van der Waals surface area contributed by atoms with Gasteiger partial charge in [0.1, 0.15) is 0 Å². The Morgan fingerprint density at radius 3 is 2.46 bits per heavy atom. The van der Waals surface area contributed by atoms with Crippen molar-refractivity contribution in [3.05, 3.63) is 52.3 Å². The zero-order valence-electron chi connectivity index (χ0n) is 13.1. The second kappa shape index (κ2) is 6.49. The van der Waals surface area contributed by atoms with Gasteiger partial charge in [0.15, 0.2) is 5.69 Å². The number of carboxylic acid groups (broad SMARTS) is 1. The van der Waals surface area contributed by atoms with Crippen LogP contribution in [0, 0.1) is 15.5 Å². The molecular formula is C15H16N4O5. The number of aromatic nitrogens is 2. The lowest BCUT2D eigenvalue weighted by molar-refractivity contribution is -0.384. The molecule has 9 nitrogen and oxygen atoms in total. The van der Waals surface area contributed by atoms with Crippen LogP contribution in [-0.4, -0.2) is 38.2 Å². The standard InChI is InChI=1S/C15H16N4O5/c1-15(2,14(21)22)9-16-13(20)12-7-8-18(17-12)10-3-5-11(6-4-10)19(23)24/h3-8H,9H2,1-2H3,(H,16,20)(H,21,22). The molecule has 0 aliphatic rings. The maximum atomic E-state index is 12.0. The van der Waals surface area contributed by atoms with Crippen molar-refractivity contribution in [3.8, 4) is 5.69 Å². The summed E-state index contributed by atoms with van der Waals surface area (Å²) in [6, 6.07) is 7.18. The fourth-order valence-corrected chi connectivity index (χ4v) is 1.78. The Balaban J connectivity index is 2.08. The summed E-state index contributed by atoms with van der Waals surface area (Å²) in [5.41, 5.74) is -0.448. The Bertz CT molecular complexity index is 779. The van der Waals surface area contributed by atoms with E-state index in [9.17, 15) is 19.7 Å². The molecule has 0 radical (unpaired) electrons. The Morgan fingerprint density at radius 1 is 1.29 bits per heavy atom. The number of aliphatic carboxylic acids is 1. The molecule has 2 N–H and O–H groups in total. The Morgan fingerprint density at radius 2 is 1.92 bits per heavy atom. The van der Waals surface area contributed by atoms with E-state index in [1.807, 2.05) is 0 Å². The minimum absolute atomic E-state index is 0.0362. The molecule has 1 heterocycles. The number of nitrogens with zero attached hydrogens (tertiary/aromatic N) is 3. The van der Waals surface area contributed by atoms with Crippen molar-refractivity contribution in [1.29, 1.82) is 0 Å². The average Bonchev–Trinajstić information content (AvgIpc) is 3.02. The highest BCUT2D eigenvalue weighted by atomic mass is 16.6. The first-order chi connectivity index (χ1) is 11.2. The van der Waals surface area contributed by atoms with Gasteiger partial charge in [0.25, 0.3) is 11.6 Å². The number of amides is 1. The normalized spacial score (nSPS) is 11.1. The smallest absolute Gasteiger partial charge is 0.310 e. The molecule has 126 valence electrons. The van der Waals surface area contributed by atoms with Gasteiger partial charge in [-0.05, 0) is 32.0 Å². The fraction of sp³-hybridized carbons (Fsp3) is 0.267. The maximum Gasteiger partial charge on any atom is 0.310 e. The molecule has 0 saturated carbocycles. The summed E-state index contributed by atoms with van der Waals surface area (Å²) in [6.45, 7) is 2.97. The summed E-state index contributed by atoms with van der Waals surface area (Å²) in [5, 5.41) is 26.3. The molecule has 0 aliphatic carbocycles. The van der Waals surface area contributed by atoms with Crippen molar-refractivity contribution in [2.75, 3.05) is 6.54 Å². The first-order valence-corrected chi connectivity index (χ1v) is 7.03. The van der Waals surface area contributed by atoms with Crippen LogP contribution in [-0.2, 0) is 4.79 Å². The molecule has 9 heteroatoms. The number of carboxylic acids is 1. The monoisotopic (exact) mass is 332 g/mol. The number of nitrogens with one attached hydrogen (secondary N) is 1. The summed E-state index contributed by atoms with van der Waals surface area (Å²) in [5.74, 6) is -1.51. The van der Waals surface area contributed by atoms with Crippen LogP contribution in [0.2, 0.25) is 0 Å². The number of carbonyl (C=O) groups is 2. The molecule has 0 saturated heterocycles. The highest BCUT2D eigenvalue weighted by Gasteiger charge is 2.28. The molecule has 0 fully saturated rings. The molecule has 0 aliphatic heterocycles. The van der Waals surface area contributed by atoms with E-state index in [0.717, 1.165) is 0 Å². The van der Waals surface area contributed by atoms with E-state index in [2.05, 4.69) is 10.4 Å². The Kier molecular flexibility index (Phi) is 4.63. The van der Waals surface area contributed by atoms with Gasteiger partial charge in [0, 0.05) is 24.9 Å². The van der Waals surface area contributed by atoms with Crippen molar-refractivity contribution < 1.29 is 19.6 Å². The predicted octanol–water partition coefficient (Wildman–Crippen LogP) is 1.62. The molecule has 2 aromatic rings. The van der Waals surface area contributed by atoms with Crippen LogP contribution in [0.3, 0.4) is 0 Å². The largest absolute Gasteiger partial charge is 0.481 e. The molecule has 1 aromatic heterocycles. The third-order valence-electron chi connectivity index (χ3n) is 3.42. The topological polar surface area (TPSA) is 127 Å². The zero-order valence-corrected chi connectivity index (χ0v) is 13.1. The van der Waals surface area contributed by atoms with E-state index >= 15 is 0 Å². The SMILES string of the molecule is CC(C)(CNC(=O)c1ccn(-c2ccc([N+](=O)[O-])cc2)n1)C(=O)O.